The fourth-order valence-corrected chi connectivity index (χ4v) is 3.91. The molecule has 0 saturated carbocycles. The summed E-state index contributed by atoms with van der Waals surface area (Å²) in [4.78, 5) is 12.2. The molecule has 0 bridgehead atoms. The van der Waals surface area contributed by atoms with E-state index >= 15 is 0 Å². The zero-order chi connectivity index (χ0) is 22.0. The number of carboxylic acids is 1. The molecule has 0 atom stereocenters. The van der Waals surface area contributed by atoms with Gasteiger partial charge >= 0.3 is 5.97 Å². The van der Waals surface area contributed by atoms with E-state index in [4.69, 9.17) is 28.4 Å². The molecule has 9 nitrogen and oxygen atoms in total. The summed E-state index contributed by atoms with van der Waals surface area (Å²) in [5.74, 6) is 0.750. The van der Waals surface area contributed by atoms with Crippen LogP contribution in [0.2, 0.25) is 0 Å². The van der Waals surface area contributed by atoms with Crippen LogP contribution in [0.3, 0.4) is 0 Å². The Bertz CT molecular complexity index is 986. The third-order valence-corrected chi connectivity index (χ3v) is 5.08. The Morgan fingerprint density at radius 2 is 1.33 bits per heavy atom. The van der Waals surface area contributed by atoms with E-state index in [1.807, 2.05) is 6.07 Å². The molecule has 1 heterocycles. The molecule has 2 aromatic rings. The first-order valence-electron chi connectivity index (χ1n) is 9.09. The van der Waals surface area contributed by atoms with Crippen molar-refractivity contribution in [1.29, 1.82) is 0 Å². The Hall–Kier alpha value is -3.33. The highest BCUT2D eigenvalue weighted by molar-refractivity contribution is 6.00. The van der Waals surface area contributed by atoms with Crippen molar-refractivity contribution in [1.82, 2.24) is 5.32 Å². The third-order valence-electron chi connectivity index (χ3n) is 5.08. The molecule has 9 heteroatoms. The van der Waals surface area contributed by atoms with Crippen LogP contribution in [0.4, 0.5) is 0 Å². The summed E-state index contributed by atoms with van der Waals surface area (Å²) in [5.41, 5.74) is 2.47. The number of methoxy groups -OCH3 is 6. The maximum absolute atomic E-state index is 12.2. The molecule has 2 N–H and O–H groups in total. The summed E-state index contributed by atoms with van der Waals surface area (Å²) >= 11 is 0. The van der Waals surface area contributed by atoms with Crippen molar-refractivity contribution in [2.75, 3.05) is 42.7 Å². The van der Waals surface area contributed by atoms with Gasteiger partial charge in [-0.3, -0.25) is 0 Å². The van der Waals surface area contributed by atoms with Crippen molar-refractivity contribution in [3.63, 3.8) is 0 Å². The fourth-order valence-electron chi connectivity index (χ4n) is 3.91. The molecule has 1 aliphatic heterocycles. The van der Waals surface area contributed by atoms with Gasteiger partial charge in [-0.15, -0.1) is 0 Å². The maximum atomic E-state index is 12.2. The van der Waals surface area contributed by atoms with E-state index in [1.54, 1.807) is 7.11 Å². The Balaban J connectivity index is 2.58. The number of hydrogen-bond acceptors (Lipinski definition) is 8. The van der Waals surface area contributed by atoms with Crippen LogP contribution in [0.1, 0.15) is 21.5 Å². The summed E-state index contributed by atoms with van der Waals surface area (Å²) < 4.78 is 33.4. The van der Waals surface area contributed by atoms with E-state index in [1.165, 1.54) is 35.5 Å². The molecule has 0 unspecified atom stereocenters. The van der Waals surface area contributed by atoms with Gasteiger partial charge < -0.3 is 38.8 Å². The van der Waals surface area contributed by atoms with Crippen LogP contribution in [-0.2, 0) is 13.1 Å². The number of carboxylic acid groups (broad SMARTS) is 1. The second kappa shape index (κ2) is 8.58. The SMILES string of the molecule is COc1cc2c(c(OC)c1OC)-c1c(c(C(=O)O)c(OC)c(OC)c1OC)CNC2. The average Bonchev–Trinajstić information content (AvgIpc) is 2.94. The lowest BCUT2D eigenvalue weighted by molar-refractivity contribution is 0.0691. The van der Waals surface area contributed by atoms with Gasteiger partial charge in [0.2, 0.25) is 11.5 Å². The van der Waals surface area contributed by atoms with E-state index in [-0.39, 0.29) is 23.6 Å². The quantitative estimate of drug-likeness (QED) is 0.701. The van der Waals surface area contributed by atoms with Crippen LogP contribution >= 0.6 is 0 Å². The Morgan fingerprint density at radius 3 is 1.83 bits per heavy atom. The van der Waals surface area contributed by atoms with Gasteiger partial charge in [0, 0.05) is 24.2 Å². The van der Waals surface area contributed by atoms with Crippen molar-refractivity contribution in [3.05, 3.63) is 22.8 Å². The van der Waals surface area contributed by atoms with Crippen molar-refractivity contribution >= 4 is 5.97 Å². The van der Waals surface area contributed by atoms with Crippen LogP contribution in [0.5, 0.6) is 34.5 Å². The van der Waals surface area contributed by atoms with Crippen LogP contribution in [-0.4, -0.2) is 53.7 Å². The smallest absolute Gasteiger partial charge is 0.339 e. The van der Waals surface area contributed by atoms with E-state index in [0.29, 0.717) is 46.2 Å². The topological polar surface area (TPSA) is 105 Å². The Labute approximate surface area is 174 Å². The molecule has 162 valence electrons. The lowest BCUT2D eigenvalue weighted by Crippen LogP contribution is -2.15. The number of fused-ring (bicyclic) bond motifs is 3. The zero-order valence-electron chi connectivity index (χ0n) is 17.8. The largest absolute Gasteiger partial charge is 0.493 e. The molecule has 0 fully saturated rings. The highest BCUT2D eigenvalue weighted by Gasteiger charge is 2.35. The second-order valence-corrected chi connectivity index (χ2v) is 6.42. The number of carbonyl (C=O) groups is 1. The Morgan fingerprint density at radius 1 is 0.767 bits per heavy atom. The van der Waals surface area contributed by atoms with E-state index in [9.17, 15) is 9.90 Å². The van der Waals surface area contributed by atoms with E-state index < -0.39 is 5.97 Å². The van der Waals surface area contributed by atoms with Gasteiger partial charge in [0.15, 0.2) is 23.0 Å². The molecule has 0 aromatic heterocycles. The predicted octanol–water partition coefficient (Wildman–Crippen LogP) is 2.71. The van der Waals surface area contributed by atoms with Crippen molar-refractivity contribution in [3.8, 4) is 45.6 Å². The van der Waals surface area contributed by atoms with Crippen LogP contribution in [0.25, 0.3) is 11.1 Å². The number of hydrogen-bond donors (Lipinski definition) is 2. The standard InChI is InChI=1S/C21H25NO8/c1-25-12-7-10-8-22-9-11-14(13(10)17(27-3)16(12)26-2)18(28-4)20(30-6)19(29-5)15(11)21(23)24/h7,22H,8-9H2,1-6H3,(H,23,24). The lowest BCUT2D eigenvalue weighted by atomic mass is 9.90. The molecule has 0 spiro atoms. The van der Waals surface area contributed by atoms with Crippen molar-refractivity contribution < 1.29 is 38.3 Å². The highest BCUT2D eigenvalue weighted by Crippen LogP contribution is 2.56. The first kappa shape index (κ1) is 21.4. The number of benzene rings is 2. The Kier molecular flexibility index (Phi) is 6.12. The maximum Gasteiger partial charge on any atom is 0.339 e. The number of ether oxygens (including phenoxy) is 6. The van der Waals surface area contributed by atoms with Gasteiger partial charge in [-0.2, -0.15) is 0 Å². The van der Waals surface area contributed by atoms with Gasteiger partial charge in [-0.25, -0.2) is 4.79 Å². The average molecular weight is 419 g/mol. The first-order valence-corrected chi connectivity index (χ1v) is 9.09. The minimum atomic E-state index is -1.14. The minimum absolute atomic E-state index is 0.0117. The predicted molar refractivity (Wildman–Crippen MR) is 109 cm³/mol. The molecule has 1 aliphatic rings. The summed E-state index contributed by atoms with van der Waals surface area (Å²) in [6.07, 6.45) is 0. The molecule has 30 heavy (non-hydrogen) atoms. The van der Waals surface area contributed by atoms with Gasteiger partial charge in [0.05, 0.1) is 42.7 Å². The lowest BCUT2D eigenvalue weighted by Gasteiger charge is -2.24. The molecule has 2 aromatic carbocycles. The number of aromatic carboxylic acids is 1. The van der Waals surface area contributed by atoms with Gasteiger partial charge in [0.25, 0.3) is 0 Å². The molecule has 3 rings (SSSR count). The molecule has 0 saturated heterocycles. The zero-order valence-corrected chi connectivity index (χ0v) is 17.8. The van der Waals surface area contributed by atoms with Crippen molar-refractivity contribution in [2.24, 2.45) is 0 Å². The van der Waals surface area contributed by atoms with Crippen LogP contribution in [0, 0.1) is 0 Å². The monoisotopic (exact) mass is 419 g/mol. The molecule has 0 aliphatic carbocycles. The second-order valence-electron chi connectivity index (χ2n) is 6.42. The van der Waals surface area contributed by atoms with E-state index in [2.05, 4.69) is 5.32 Å². The summed E-state index contributed by atoms with van der Waals surface area (Å²) in [5, 5.41) is 13.3. The normalized spacial score (nSPS) is 12.2. The summed E-state index contributed by atoms with van der Waals surface area (Å²) in [7, 11) is 8.88. The van der Waals surface area contributed by atoms with Crippen molar-refractivity contribution in [2.45, 2.75) is 13.1 Å². The summed E-state index contributed by atoms with van der Waals surface area (Å²) in [6.45, 7) is 0.698. The first-order chi connectivity index (χ1) is 14.5. The van der Waals surface area contributed by atoms with Gasteiger partial charge in [0.1, 0.15) is 5.56 Å². The fraction of sp³-hybridized carbons (Fsp3) is 0.381. The summed E-state index contributed by atoms with van der Waals surface area (Å²) in [6, 6.07) is 1.83. The van der Waals surface area contributed by atoms with Crippen LogP contribution in [0.15, 0.2) is 6.07 Å². The molecular formula is C21H25NO8. The van der Waals surface area contributed by atoms with Crippen LogP contribution < -0.4 is 33.7 Å². The van der Waals surface area contributed by atoms with Gasteiger partial charge in [-0.05, 0) is 17.2 Å². The van der Waals surface area contributed by atoms with E-state index in [0.717, 1.165) is 5.56 Å². The molecule has 0 amide bonds. The number of nitrogens with one attached hydrogen (secondary N) is 1. The molecular weight excluding hydrogens is 394 g/mol. The minimum Gasteiger partial charge on any atom is -0.493 e. The number of rotatable bonds is 7. The highest BCUT2D eigenvalue weighted by atomic mass is 16.5. The third kappa shape index (κ3) is 3.11. The molecule has 0 radical (unpaired) electrons. The van der Waals surface area contributed by atoms with Gasteiger partial charge in [-0.1, -0.05) is 0 Å².